The number of hydrogen-bond acceptors (Lipinski definition) is 4. The van der Waals surface area contributed by atoms with Crippen LogP contribution in [0.3, 0.4) is 0 Å². The van der Waals surface area contributed by atoms with Crippen molar-refractivity contribution in [3.05, 3.63) is 84.6 Å². The van der Waals surface area contributed by atoms with Crippen molar-refractivity contribution in [1.82, 2.24) is 14.6 Å². The Morgan fingerprint density at radius 3 is 2.40 bits per heavy atom. The topological polar surface area (TPSA) is 62.5 Å². The molecule has 4 rings (SSSR count). The molecule has 4 aromatic rings. The fraction of sp³-hybridized carbons (Fsp3) is 0.100. The van der Waals surface area contributed by atoms with Crippen LogP contribution in [0.5, 0.6) is 0 Å². The van der Waals surface area contributed by atoms with Gasteiger partial charge in [0.25, 0.3) is 0 Å². The van der Waals surface area contributed by atoms with Crippen LogP contribution in [0.25, 0.3) is 16.9 Å². The lowest BCUT2D eigenvalue weighted by atomic mass is 10.1. The number of nitrogens with one attached hydrogen (secondary N) is 1. The van der Waals surface area contributed by atoms with Crippen LogP contribution in [0.15, 0.2) is 79.0 Å². The lowest BCUT2D eigenvalue weighted by Gasteiger charge is -2.19. The summed E-state index contributed by atoms with van der Waals surface area (Å²) >= 11 is 0. The zero-order chi connectivity index (χ0) is 17.1. The van der Waals surface area contributed by atoms with Gasteiger partial charge in [-0.1, -0.05) is 60.7 Å². The predicted octanol–water partition coefficient (Wildman–Crippen LogP) is 3.54. The highest BCUT2D eigenvalue weighted by Gasteiger charge is 2.14. The summed E-state index contributed by atoms with van der Waals surface area (Å²) < 4.78 is 1.75. The van der Waals surface area contributed by atoms with Gasteiger partial charge in [-0.2, -0.15) is 9.61 Å². The third-order valence-corrected chi connectivity index (χ3v) is 4.14. The quantitative estimate of drug-likeness (QED) is 0.587. The molecule has 2 N–H and O–H groups in total. The van der Waals surface area contributed by atoms with Crippen molar-refractivity contribution in [2.24, 2.45) is 0 Å². The van der Waals surface area contributed by atoms with Crippen LogP contribution >= 0.6 is 0 Å². The van der Waals surface area contributed by atoms with Gasteiger partial charge in [-0.15, -0.1) is 0 Å². The molecular weight excluding hydrogens is 312 g/mol. The zero-order valence-electron chi connectivity index (χ0n) is 13.6. The third-order valence-electron chi connectivity index (χ3n) is 4.14. The van der Waals surface area contributed by atoms with E-state index in [2.05, 4.69) is 15.4 Å². The number of fused-ring (bicyclic) bond motifs is 1. The van der Waals surface area contributed by atoms with Crippen LogP contribution in [0, 0.1) is 0 Å². The smallest absolute Gasteiger partial charge is 0.157 e. The number of aliphatic hydroxyl groups excluding tert-OH is 1. The van der Waals surface area contributed by atoms with E-state index in [9.17, 15) is 5.11 Å². The van der Waals surface area contributed by atoms with Crippen LogP contribution in [-0.2, 0) is 0 Å². The molecule has 0 spiro atoms. The highest BCUT2D eigenvalue weighted by molar-refractivity contribution is 5.66. The first-order valence-corrected chi connectivity index (χ1v) is 8.18. The highest BCUT2D eigenvalue weighted by Crippen LogP contribution is 2.25. The summed E-state index contributed by atoms with van der Waals surface area (Å²) in [5.74, 6) is 0.789. The van der Waals surface area contributed by atoms with Gasteiger partial charge < -0.3 is 10.4 Å². The van der Waals surface area contributed by atoms with Crippen molar-refractivity contribution >= 4 is 11.5 Å². The van der Waals surface area contributed by atoms with Crippen molar-refractivity contribution < 1.29 is 5.11 Å². The largest absolute Gasteiger partial charge is 0.394 e. The zero-order valence-corrected chi connectivity index (χ0v) is 13.6. The minimum atomic E-state index is -0.223. The number of hydrogen-bond donors (Lipinski definition) is 2. The Morgan fingerprint density at radius 2 is 1.68 bits per heavy atom. The number of nitrogens with zero attached hydrogens (tertiary/aromatic N) is 3. The molecule has 1 atom stereocenters. The summed E-state index contributed by atoms with van der Waals surface area (Å²) in [4.78, 5) is 4.67. The first kappa shape index (κ1) is 15.4. The summed E-state index contributed by atoms with van der Waals surface area (Å²) in [7, 11) is 0. The lowest BCUT2D eigenvalue weighted by Crippen LogP contribution is -2.17. The van der Waals surface area contributed by atoms with Gasteiger partial charge in [0, 0.05) is 17.7 Å². The molecule has 2 aromatic carbocycles. The lowest BCUT2D eigenvalue weighted by molar-refractivity contribution is 0.276. The molecule has 0 amide bonds. The highest BCUT2D eigenvalue weighted by atomic mass is 16.3. The molecule has 0 fully saturated rings. The summed E-state index contributed by atoms with van der Waals surface area (Å²) in [5.41, 5.74) is 3.67. The molecule has 0 bridgehead atoms. The first-order chi connectivity index (χ1) is 12.3. The van der Waals surface area contributed by atoms with Gasteiger partial charge in [0.15, 0.2) is 5.65 Å². The molecule has 2 heterocycles. The number of rotatable bonds is 5. The number of anilines is 1. The molecule has 0 saturated heterocycles. The maximum Gasteiger partial charge on any atom is 0.157 e. The molecular formula is C20H18N4O. The first-order valence-electron chi connectivity index (χ1n) is 8.18. The van der Waals surface area contributed by atoms with Crippen molar-refractivity contribution in [1.29, 1.82) is 0 Å². The number of aliphatic hydroxyl groups is 1. The minimum Gasteiger partial charge on any atom is -0.394 e. The Labute approximate surface area is 145 Å². The summed E-state index contributed by atoms with van der Waals surface area (Å²) in [5, 5.41) is 17.6. The number of aromatic nitrogens is 3. The summed E-state index contributed by atoms with van der Waals surface area (Å²) in [6.07, 6.45) is 1.72. The SMILES string of the molecule is OC[C@H](Nc1cc(-c2ccccc2)nc2ccnn12)c1ccccc1. The molecule has 5 heteroatoms. The molecule has 5 nitrogen and oxygen atoms in total. The van der Waals surface area contributed by atoms with E-state index in [0.717, 1.165) is 28.3 Å². The van der Waals surface area contributed by atoms with Crippen LogP contribution in [-0.4, -0.2) is 26.3 Å². The Bertz CT molecular complexity index is 967. The average Bonchev–Trinajstić information content (AvgIpc) is 3.16. The van der Waals surface area contributed by atoms with Crippen molar-refractivity contribution in [2.75, 3.05) is 11.9 Å². The second-order valence-corrected chi connectivity index (χ2v) is 5.78. The molecule has 0 saturated carbocycles. The van der Waals surface area contributed by atoms with E-state index >= 15 is 0 Å². The second-order valence-electron chi connectivity index (χ2n) is 5.78. The third kappa shape index (κ3) is 3.09. The maximum atomic E-state index is 9.84. The van der Waals surface area contributed by atoms with Gasteiger partial charge in [0.1, 0.15) is 5.82 Å². The van der Waals surface area contributed by atoms with E-state index in [1.807, 2.05) is 72.8 Å². The Balaban J connectivity index is 1.77. The van der Waals surface area contributed by atoms with E-state index in [0.29, 0.717) is 0 Å². The molecule has 0 aliphatic rings. The summed E-state index contributed by atoms with van der Waals surface area (Å²) in [6, 6.07) is 23.5. The van der Waals surface area contributed by atoms with Gasteiger partial charge in [0.2, 0.25) is 0 Å². The second kappa shape index (κ2) is 6.75. The molecule has 25 heavy (non-hydrogen) atoms. The van der Waals surface area contributed by atoms with Gasteiger partial charge in [0.05, 0.1) is 24.5 Å². The van der Waals surface area contributed by atoms with Crippen LogP contribution in [0.1, 0.15) is 11.6 Å². The Hall–Kier alpha value is -3.18. The van der Waals surface area contributed by atoms with Gasteiger partial charge >= 0.3 is 0 Å². The van der Waals surface area contributed by atoms with Crippen LogP contribution in [0.2, 0.25) is 0 Å². The molecule has 0 aliphatic heterocycles. The van der Waals surface area contributed by atoms with E-state index < -0.39 is 0 Å². The fourth-order valence-electron chi connectivity index (χ4n) is 2.87. The molecule has 0 radical (unpaired) electrons. The summed E-state index contributed by atoms with van der Waals surface area (Å²) in [6.45, 7) is -0.0181. The van der Waals surface area contributed by atoms with Crippen molar-refractivity contribution in [3.8, 4) is 11.3 Å². The van der Waals surface area contributed by atoms with E-state index in [1.165, 1.54) is 0 Å². The van der Waals surface area contributed by atoms with Gasteiger partial charge in [-0.25, -0.2) is 4.98 Å². The molecule has 2 aromatic heterocycles. The van der Waals surface area contributed by atoms with E-state index in [-0.39, 0.29) is 12.6 Å². The average molecular weight is 330 g/mol. The van der Waals surface area contributed by atoms with Crippen molar-refractivity contribution in [3.63, 3.8) is 0 Å². The van der Waals surface area contributed by atoms with Crippen LogP contribution in [0.4, 0.5) is 5.82 Å². The normalized spacial score (nSPS) is 12.2. The van der Waals surface area contributed by atoms with Crippen molar-refractivity contribution in [2.45, 2.75) is 6.04 Å². The Kier molecular flexibility index (Phi) is 4.14. The van der Waals surface area contributed by atoms with E-state index in [1.54, 1.807) is 10.7 Å². The fourth-order valence-corrected chi connectivity index (χ4v) is 2.87. The monoisotopic (exact) mass is 330 g/mol. The Morgan fingerprint density at radius 1 is 0.960 bits per heavy atom. The molecule has 0 unspecified atom stereocenters. The van der Waals surface area contributed by atoms with Gasteiger partial charge in [-0.05, 0) is 5.56 Å². The van der Waals surface area contributed by atoms with Gasteiger partial charge in [-0.3, -0.25) is 0 Å². The van der Waals surface area contributed by atoms with Crippen LogP contribution < -0.4 is 5.32 Å². The van der Waals surface area contributed by atoms with E-state index in [4.69, 9.17) is 0 Å². The minimum absolute atomic E-state index is 0.0181. The predicted molar refractivity (Wildman–Crippen MR) is 98.3 cm³/mol. The molecule has 0 aliphatic carbocycles. The number of benzene rings is 2. The standard InChI is InChI=1S/C20H18N4O/c25-14-18(16-9-5-2-6-10-16)23-20-13-17(15-7-3-1-4-8-15)22-19-11-12-21-24(19)20/h1-13,18,23,25H,14H2/t18-/m0/s1. The maximum absolute atomic E-state index is 9.84. The molecule has 124 valence electrons.